The van der Waals surface area contributed by atoms with Gasteiger partial charge >= 0.3 is 0 Å². The van der Waals surface area contributed by atoms with Gasteiger partial charge in [-0.15, -0.1) is 0 Å². The lowest BCUT2D eigenvalue weighted by Gasteiger charge is -2.49. The fourth-order valence-electron chi connectivity index (χ4n) is 4.34. The van der Waals surface area contributed by atoms with Crippen LogP contribution in [0, 0.1) is 11.8 Å². The molecule has 92 valence electrons. The average molecular weight is 223 g/mol. The monoisotopic (exact) mass is 223 g/mol. The number of likely N-dealkylation sites (tertiary alicyclic amines) is 1. The first kappa shape index (κ1) is 11.0. The minimum Gasteiger partial charge on any atom is -0.392 e. The fraction of sp³-hybridized carbons (Fsp3) is 1.00. The molecule has 1 heterocycles. The average Bonchev–Trinajstić information content (AvgIpc) is 2.30. The molecule has 0 amide bonds. The Labute approximate surface area is 99.0 Å². The molecule has 3 fully saturated rings. The zero-order chi connectivity index (χ0) is 11.0. The van der Waals surface area contributed by atoms with Crippen molar-refractivity contribution in [2.24, 2.45) is 11.8 Å². The number of hydrogen-bond donors (Lipinski definition) is 1. The van der Waals surface area contributed by atoms with Gasteiger partial charge in [-0.25, -0.2) is 0 Å². The summed E-state index contributed by atoms with van der Waals surface area (Å²) in [5.74, 6) is 1.24. The molecule has 16 heavy (non-hydrogen) atoms. The predicted octanol–water partition coefficient (Wildman–Crippen LogP) is 2.41. The third-order valence-corrected chi connectivity index (χ3v) is 5.22. The van der Waals surface area contributed by atoms with Crippen LogP contribution in [0.3, 0.4) is 0 Å². The lowest BCUT2D eigenvalue weighted by Crippen LogP contribution is -2.53. The maximum atomic E-state index is 10.4. The second-order valence-electron chi connectivity index (χ2n) is 6.09. The molecular weight excluding hydrogens is 198 g/mol. The van der Waals surface area contributed by atoms with Crippen molar-refractivity contribution in [3.05, 3.63) is 0 Å². The third kappa shape index (κ3) is 1.91. The lowest BCUT2D eigenvalue weighted by atomic mass is 9.67. The molecule has 0 unspecified atom stereocenters. The quantitative estimate of drug-likeness (QED) is 0.738. The van der Waals surface area contributed by atoms with Gasteiger partial charge in [0.15, 0.2) is 0 Å². The van der Waals surface area contributed by atoms with Crippen molar-refractivity contribution in [2.75, 3.05) is 13.1 Å². The highest BCUT2D eigenvalue weighted by Gasteiger charge is 2.42. The maximum Gasteiger partial charge on any atom is 0.0611 e. The second-order valence-corrected chi connectivity index (χ2v) is 6.09. The molecule has 1 saturated heterocycles. The van der Waals surface area contributed by atoms with Crippen molar-refractivity contribution in [3.63, 3.8) is 0 Å². The smallest absolute Gasteiger partial charge is 0.0611 e. The minimum absolute atomic E-state index is 0.0226. The van der Waals surface area contributed by atoms with Gasteiger partial charge in [-0.05, 0) is 57.5 Å². The minimum atomic E-state index is 0.0226. The van der Waals surface area contributed by atoms with Crippen molar-refractivity contribution in [1.29, 1.82) is 0 Å². The first-order chi connectivity index (χ1) is 7.86. The van der Waals surface area contributed by atoms with Crippen molar-refractivity contribution < 1.29 is 5.11 Å². The van der Waals surface area contributed by atoms with Crippen LogP contribution in [0.5, 0.6) is 0 Å². The Hall–Kier alpha value is -0.0800. The molecular formula is C14H25NO. The molecule has 2 aliphatic carbocycles. The van der Waals surface area contributed by atoms with E-state index in [-0.39, 0.29) is 6.10 Å². The maximum absolute atomic E-state index is 10.4. The molecule has 4 atom stereocenters. The number of rotatable bonds is 1. The van der Waals surface area contributed by atoms with Gasteiger partial charge < -0.3 is 10.0 Å². The summed E-state index contributed by atoms with van der Waals surface area (Å²) >= 11 is 0. The summed E-state index contributed by atoms with van der Waals surface area (Å²) in [6, 6.07) is 0.715. The highest BCUT2D eigenvalue weighted by atomic mass is 16.3. The molecule has 2 nitrogen and oxygen atoms in total. The van der Waals surface area contributed by atoms with E-state index in [0.29, 0.717) is 17.9 Å². The van der Waals surface area contributed by atoms with Crippen LogP contribution in [0.2, 0.25) is 0 Å². The van der Waals surface area contributed by atoms with Gasteiger partial charge in [-0.3, -0.25) is 0 Å². The molecule has 2 heteroatoms. The van der Waals surface area contributed by atoms with Crippen LogP contribution in [0.1, 0.15) is 51.4 Å². The number of fused-ring (bicyclic) bond motifs is 2. The van der Waals surface area contributed by atoms with E-state index in [2.05, 4.69) is 4.90 Å². The van der Waals surface area contributed by atoms with Crippen molar-refractivity contribution in [3.8, 4) is 0 Å². The van der Waals surface area contributed by atoms with Gasteiger partial charge in [0.2, 0.25) is 0 Å². The Balaban J connectivity index is 1.69. The van der Waals surface area contributed by atoms with Crippen molar-refractivity contribution in [1.82, 2.24) is 4.90 Å². The van der Waals surface area contributed by atoms with Crippen LogP contribution in [0.4, 0.5) is 0 Å². The normalized spacial score (nSPS) is 45.6. The zero-order valence-electron chi connectivity index (χ0n) is 10.3. The van der Waals surface area contributed by atoms with Gasteiger partial charge in [0.1, 0.15) is 0 Å². The summed E-state index contributed by atoms with van der Waals surface area (Å²) in [4.78, 5) is 2.69. The van der Waals surface area contributed by atoms with E-state index in [1.54, 1.807) is 0 Å². The Bertz CT molecular complexity index is 237. The molecule has 0 radical (unpaired) electrons. The summed E-state index contributed by atoms with van der Waals surface area (Å²) in [6.45, 7) is 2.58. The van der Waals surface area contributed by atoms with E-state index in [0.717, 1.165) is 0 Å². The van der Waals surface area contributed by atoms with E-state index < -0.39 is 0 Å². The van der Waals surface area contributed by atoms with E-state index in [4.69, 9.17) is 0 Å². The Kier molecular flexibility index (Phi) is 3.21. The van der Waals surface area contributed by atoms with Crippen LogP contribution in [0.25, 0.3) is 0 Å². The molecule has 0 aromatic rings. The Morgan fingerprint density at radius 2 is 1.62 bits per heavy atom. The summed E-state index contributed by atoms with van der Waals surface area (Å²) in [5, 5.41) is 10.4. The highest BCUT2D eigenvalue weighted by molar-refractivity contribution is 4.95. The Morgan fingerprint density at radius 1 is 0.812 bits per heavy atom. The molecule has 1 N–H and O–H groups in total. The molecule has 0 aromatic heterocycles. The standard InChI is InChI=1S/C14H25NO/c16-14-11-5-4-6-12(14)13(8-7-11)15-9-2-1-3-10-15/h11-14,16H,1-10H2/t11-,12-,13-,14-/m0/s1. The van der Waals surface area contributed by atoms with Crippen LogP contribution in [-0.2, 0) is 0 Å². The van der Waals surface area contributed by atoms with Gasteiger partial charge in [0, 0.05) is 12.0 Å². The van der Waals surface area contributed by atoms with Crippen LogP contribution < -0.4 is 0 Å². The summed E-state index contributed by atoms with van der Waals surface area (Å²) < 4.78 is 0. The van der Waals surface area contributed by atoms with Gasteiger partial charge in [0.25, 0.3) is 0 Å². The SMILES string of the molecule is O[C@H]1[C@H]2CCC[C@H]1[C@@H](N1CCCCC1)CC2. The Morgan fingerprint density at radius 3 is 2.44 bits per heavy atom. The topological polar surface area (TPSA) is 23.5 Å². The van der Waals surface area contributed by atoms with Crippen molar-refractivity contribution >= 4 is 0 Å². The number of hydrogen-bond acceptors (Lipinski definition) is 2. The van der Waals surface area contributed by atoms with Crippen LogP contribution >= 0.6 is 0 Å². The molecule has 0 spiro atoms. The van der Waals surface area contributed by atoms with Crippen LogP contribution in [-0.4, -0.2) is 35.2 Å². The van der Waals surface area contributed by atoms with E-state index >= 15 is 0 Å². The van der Waals surface area contributed by atoms with E-state index in [1.807, 2.05) is 0 Å². The van der Waals surface area contributed by atoms with Gasteiger partial charge in [-0.1, -0.05) is 12.8 Å². The van der Waals surface area contributed by atoms with E-state index in [9.17, 15) is 5.11 Å². The first-order valence-corrected chi connectivity index (χ1v) is 7.28. The summed E-state index contributed by atoms with van der Waals surface area (Å²) in [6.07, 6.45) is 10.7. The second kappa shape index (κ2) is 4.66. The van der Waals surface area contributed by atoms with E-state index in [1.165, 1.54) is 64.5 Å². The largest absolute Gasteiger partial charge is 0.392 e. The molecule has 2 saturated carbocycles. The molecule has 2 bridgehead atoms. The molecule has 0 aromatic carbocycles. The number of piperidine rings is 1. The summed E-state index contributed by atoms with van der Waals surface area (Å²) in [5.41, 5.74) is 0. The first-order valence-electron chi connectivity index (χ1n) is 7.28. The van der Waals surface area contributed by atoms with Gasteiger partial charge in [0.05, 0.1) is 6.10 Å². The molecule has 3 rings (SSSR count). The third-order valence-electron chi connectivity index (χ3n) is 5.22. The van der Waals surface area contributed by atoms with Crippen molar-refractivity contribution in [2.45, 2.75) is 63.5 Å². The summed E-state index contributed by atoms with van der Waals surface area (Å²) in [7, 11) is 0. The van der Waals surface area contributed by atoms with Gasteiger partial charge in [-0.2, -0.15) is 0 Å². The number of aliphatic hydroxyl groups excluding tert-OH is 1. The molecule has 1 aliphatic heterocycles. The lowest BCUT2D eigenvalue weighted by molar-refractivity contribution is -0.0659. The molecule has 3 aliphatic rings. The number of aliphatic hydroxyl groups is 1. The fourth-order valence-corrected chi connectivity index (χ4v) is 4.34. The zero-order valence-corrected chi connectivity index (χ0v) is 10.3. The van der Waals surface area contributed by atoms with Crippen LogP contribution in [0.15, 0.2) is 0 Å². The highest BCUT2D eigenvalue weighted by Crippen LogP contribution is 2.42. The number of nitrogens with zero attached hydrogens (tertiary/aromatic N) is 1. The predicted molar refractivity (Wildman–Crippen MR) is 65.3 cm³/mol.